The van der Waals surface area contributed by atoms with Crippen molar-refractivity contribution in [2.75, 3.05) is 0 Å². The van der Waals surface area contributed by atoms with Gasteiger partial charge < -0.3 is 0 Å². The Hall–Kier alpha value is -3.04. The van der Waals surface area contributed by atoms with E-state index in [4.69, 9.17) is 4.98 Å². The van der Waals surface area contributed by atoms with Gasteiger partial charge in [-0.25, -0.2) is 9.97 Å². The van der Waals surface area contributed by atoms with E-state index >= 15 is 0 Å². The Bertz CT molecular complexity index is 2130. The van der Waals surface area contributed by atoms with Gasteiger partial charge in [-0.05, 0) is 102 Å². The molecule has 0 radical (unpaired) electrons. The van der Waals surface area contributed by atoms with Gasteiger partial charge in [0, 0.05) is 27.8 Å². The van der Waals surface area contributed by atoms with Gasteiger partial charge in [0.1, 0.15) is 5.01 Å². The second-order valence-corrected chi connectivity index (χ2v) is 17.1. The summed E-state index contributed by atoms with van der Waals surface area (Å²) in [5.74, 6) is 0. The lowest BCUT2D eigenvalue weighted by Gasteiger charge is -2.18. The molecule has 0 atom stereocenters. The summed E-state index contributed by atoms with van der Waals surface area (Å²) in [5.41, 5.74) is 6.53. The highest BCUT2D eigenvalue weighted by molar-refractivity contribution is 8.25. The number of nitrogens with zero attached hydrogens (tertiary/aromatic N) is 2. The highest BCUT2D eigenvalue weighted by Gasteiger charge is 2.42. The molecule has 4 nitrogen and oxygen atoms in total. The van der Waals surface area contributed by atoms with Crippen LogP contribution in [0.1, 0.15) is 96.7 Å². The lowest BCUT2D eigenvalue weighted by atomic mass is 9.86. The molecule has 48 heavy (non-hydrogen) atoms. The highest BCUT2D eigenvalue weighted by atomic mass is 32.2. The van der Waals surface area contributed by atoms with Gasteiger partial charge in [0.15, 0.2) is 0 Å². The summed E-state index contributed by atoms with van der Waals surface area (Å²) in [4.78, 5) is 39.0. The number of unbranched alkanes of at least 4 members (excludes halogenated alkanes) is 6. The molecule has 2 aliphatic heterocycles. The fourth-order valence-corrected chi connectivity index (χ4v) is 11.4. The monoisotopic (exact) mass is 708 g/mol. The SMILES string of the molecule is CCCCCCc1c2ccc(-c3ncc(C4=C5SC(=O)C(c6cnc(C)s6)=C5SC4=O)s3)cc2c(CCCCCC)c2ccc(C)cc12. The molecule has 0 saturated heterocycles. The van der Waals surface area contributed by atoms with Gasteiger partial charge in [0.2, 0.25) is 10.2 Å². The Morgan fingerprint density at radius 3 is 1.75 bits per heavy atom. The van der Waals surface area contributed by atoms with Crippen LogP contribution in [0.5, 0.6) is 0 Å². The number of carbonyl (C=O) groups excluding carboxylic acids is 2. The summed E-state index contributed by atoms with van der Waals surface area (Å²) in [6, 6.07) is 13.9. The largest absolute Gasteiger partial charge is 0.281 e. The first-order valence-corrected chi connectivity index (χ1v) is 20.4. The van der Waals surface area contributed by atoms with Crippen molar-refractivity contribution >= 4 is 89.1 Å². The number of carbonyl (C=O) groups is 2. The van der Waals surface area contributed by atoms with Gasteiger partial charge in [-0.1, -0.05) is 88.3 Å². The summed E-state index contributed by atoms with van der Waals surface area (Å²) < 4.78 is 0. The smallest absolute Gasteiger partial charge is 0.226 e. The molecule has 0 aliphatic carbocycles. The average Bonchev–Trinajstić information content (AvgIpc) is 3.86. The normalized spacial score (nSPS) is 14.8. The van der Waals surface area contributed by atoms with E-state index in [1.165, 1.54) is 124 Å². The van der Waals surface area contributed by atoms with Gasteiger partial charge in [-0.3, -0.25) is 9.59 Å². The molecule has 0 saturated carbocycles. The predicted molar refractivity (Wildman–Crippen MR) is 209 cm³/mol. The minimum Gasteiger partial charge on any atom is -0.281 e. The molecule has 0 amide bonds. The molecular formula is C40H40N2O2S4. The first-order valence-electron chi connectivity index (χ1n) is 17.2. The number of aromatic nitrogens is 2. The van der Waals surface area contributed by atoms with Crippen LogP contribution < -0.4 is 0 Å². The number of fused-ring (bicyclic) bond motifs is 3. The van der Waals surface area contributed by atoms with Crippen LogP contribution in [-0.2, 0) is 22.4 Å². The molecule has 0 N–H and O–H groups in total. The highest BCUT2D eigenvalue weighted by Crippen LogP contribution is 2.57. The third-order valence-corrected chi connectivity index (χ3v) is 13.5. The minimum atomic E-state index is -0.0173. The third kappa shape index (κ3) is 6.37. The number of benzene rings is 3. The van der Waals surface area contributed by atoms with Gasteiger partial charge in [0.05, 0.1) is 25.9 Å². The summed E-state index contributed by atoms with van der Waals surface area (Å²) in [5, 5.41) is 7.28. The number of hydrogen-bond donors (Lipinski definition) is 0. The summed E-state index contributed by atoms with van der Waals surface area (Å²) >= 11 is 5.38. The maximum Gasteiger partial charge on any atom is 0.226 e. The molecule has 2 aromatic heterocycles. The lowest BCUT2D eigenvalue weighted by Crippen LogP contribution is -1.98. The fourth-order valence-electron chi connectivity index (χ4n) is 6.97. The number of aryl methyl sites for hydroxylation is 4. The van der Waals surface area contributed by atoms with Crippen molar-refractivity contribution in [2.45, 2.75) is 91.9 Å². The zero-order chi connectivity index (χ0) is 33.4. The van der Waals surface area contributed by atoms with Crippen LogP contribution >= 0.6 is 46.2 Å². The molecule has 4 heterocycles. The molecule has 0 unspecified atom stereocenters. The summed E-state index contributed by atoms with van der Waals surface area (Å²) in [6.07, 6.45) is 15.6. The van der Waals surface area contributed by atoms with E-state index in [9.17, 15) is 9.59 Å². The first kappa shape index (κ1) is 33.5. The fraction of sp³-hybridized carbons (Fsp3) is 0.350. The van der Waals surface area contributed by atoms with Crippen molar-refractivity contribution in [1.82, 2.24) is 9.97 Å². The molecule has 2 aliphatic rings. The molecule has 246 valence electrons. The van der Waals surface area contributed by atoms with Crippen LogP contribution in [0.4, 0.5) is 0 Å². The molecule has 0 spiro atoms. The number of thioether (sulfide) groups is 2. The van der Waals surface area contributed by atoms with Crippen LogP contribution in [0.2, 0.25) is 0 Å². The van der Waals surface area contributed by atoms with Crippen LogP contribution in [0.25, 0.3) is 43.3 Å². The van der Waals surface area contributed by atoms with Crippen molar-refractivity contribution < 1.29 is 9.59 Å². The van der Waals surface area contributed by atoms with E-state index in [2.05, 4.69) is 62.2 Å². The quantitative estimate of drug-likeness (QED) is 0.0896. The Balaban J connectivity index is 1.31. The van der Waals surface area contributed by atoms with Crippen molar-refractivity contribution in [2.24, 2.45) is 0 Å². The molecule has 5 aromatic rings. The predicted octanol–water partition coefficient (Wildman–Crippen LogP) is 12.1. The Morgan fingerprint density at radius 2 is 1.17 bits per heavy atom. The average molecular weight is 709 g/mol. The van der Waals surface area contributed by atoms with Crippen LogP contribution in [0.15, 0.2) is 58.6 Å². The van der Waals surface area contributed by atoms with E-state index in [0.717, 1.165) is 48.0 Å². The van der Waals surface area contributed by atoms with Gasteiger partial charge in [-0.2, -0.15) is 0 Å². The summed E-state index contributed by atoms with van der Waals surface area (Å²) in [6.45, 7) is 8.68. The summed E-state index contributed by atoms with van der Waals surface area (Å²) in [7, 11) is 0. The molecular weight excluding hydrogens is 669 g/mol. The third-order valence-electron chi connectivity index (χ3n) is 9.38. The number of thiazole rings is 2. The van der Waals surface area contributed by atoms with Crippen molar-refractivity contribution in [3.63, 3.8) is 0 Å². The zero-order valence-electron chi connectivity index (χ0n) is 28.0. The maximum absolute atomic E-state index is 13.4. The van der Waals surface area contributed by atoms with Gasteiger partial charge >= 0.3 is 0 Å². The molecule has 0 fully saturated rings. The van der Waals surface area contributed by atoms with Crippen LogP contribution in [-0.4, -0.2) is 20.2 Å². The topological polar surface area (TPSA) is 59.9 Å². The minimum absolute atomic E-state index is 0.0141. The van der Waals surface area contributed by atoms with Crippen molar-refractivity contribution in [1.29, 1.82) is 0 Å². The second-order valence-electron chi connectivity index (χ2n) is 12.8. The maximum atomic E-state index is 13.4. The zero-order valence-corrected chi connectivity index (χ0v) is 31.3. The Labute approximate surface area is 299 Å². The van der Waals surface area contributed by atoms with Crippen molar-refractivity contribution in [3.05, 3.63) is 90.1 Å². The standard InChI is InChI=1S/C40H40N2O2S4/c1-5-7-9-11-13-26-29-18-16-25(20-31(29)27(14-12-10-8-6-2)28-17-15-23(3)19-30(26)28)38-42-22-33(46-38)35-37-36(47-40(35)44)34(39(43)48-37)32-21-41-24(4)45-32/h15-22H,5-14H2,1-4H3. The van der Waals surface area contributed by atoms with E-state index < -0.39 is 0 Å². The second kappa shape index (κ2) is 14.4. The molecule has 8 heteroatoms. The van der Waals surface area contributed by atoms with Crippen LogP contribution in [0.3, 0.4) is 0 Å². The van der Waals surface area contributed by atoms with Gasteiger partial charge in [0.25, 0.3) is 0 Å². The van der Waals surface area contributed by atoms with E-state index in [1.54, 1.807) is 17.5 Å². The Kier molecular flexibility index (Phi) is 10.1. The Morgan fingerprint density at radius 1 is 0.604 bits per heavy atom. The molecule has 3 aromatic carbocycles. The van der Waals surface area contributed by atoms with E-state index in [1.807, 2.05) is 13.1 Å². The molecule has 7 rings (SSSR count). The number of rotatable bonds is 13. The van der Waals surface area contributed by atoms with Gasteiger partial charge in [-0.15, -0.1) is 22.7 Å². The lowest BCUT2D eigenvalue weighted by molar-refractivity contribution is -0.106. The van der Waals surface area contributed by atoms with Crippen LogP contribution in [0, 0.1) is 13.8 Å². The number of hydrogen-bond acceptors (Lipinski definition) is 8. The molecule has 0 bridgehead atoms. The van der Waals surface area contributed by atoms with E-state index in [-0.39, 0.29) is 10.2 Å². The van der Waals surface area contributed by atoms with E-state index in [0.29, 0.717) is 11.1 Å². The van der Waals surface area contributed by atoms with Crippen molar-refractivity contribution in [3.8, 4) is 10.6 Å². The first-order chi connectivity index (χ1) is 23.4.